The Morgan fingerprint density at radius 3 is 2.44 bits per heavy atom. The number of nitrogens with zero attached hydrogens (tertiary/aromatic N) is 3. The minimum Gasteiger partial charge on any atom is -0.392 e. The van der Waals surface area contributed by atoms with Crippen LogP contribution in [0.25, 0.3) is 0 Å². The second kappa shape index (κ2) is 9.10. The van der Waals surface area contributed by atoms with Crippen molar-refractivity contribution in [3.8, 4) is 0 Å². The fourth-order valence-electron chi connectivity index (χ4n) is 1.43. The molecule has 0 aliphatic rings. The minimum atomic E-state index is -0.460. The summed E-state index contributed by atoms with van der Waals surface area (Å²) in [4.78, 5) is 16.6. The van der Waals surface area contributed by atoms with E-state index >= 15 is 0 Å². The molecule has 2 unspecified atom stereocenters. The summed E-state index contributed by atoms with van der Waals surface area (Å²) in [5.41, 5.74) is 0. The molecule has 5 nitrogen and oxygen atoms in total. The summed E-state index contributed by atoms with van der Waals surface area (Å²) >= 11 is 1.53. The SMILES string of the molecule is C/C=C(\SC(C)=NC)N(CC(C)O)CC(C)N=O. The van der Waals surface area contributed by atoms with Crippen LogP contribution >= 0.6 is 11.8 Å². The van der Waals surface area contributed by atoms with Crippen molar-refractivity contribution in [2.75, 3.05) is 20.1 Å². The number of allylic oxidation sites excluding steroid dienone is 1. The number of aliphatic hydroxyl groups is 1. The zero-order valence-electron chi connectivity index (χ0n) is 11.8. The molecule has 0 saturated heterocycles. The summed E-state index contributed by atoms with van der Waals surface area (Å²) < 4.78 is 0. The molecule has 6 heteroatoms. The number of aliphatic hydroxyl groups excluding tert-OH is 1. The summed E-state index contributed by atoms with van der Waals surface area (Å²) in [6, 6.07) is -0.307. The molecule has 0 aliphatic carbocycles. The molecule has 2 atom stereocenters. The lowest BCUT2D eigenvalue weighted by molar-refractivity contribution is 0.147. The first kappa shape index (κ1) is 17.1. The van der Waals surface area contributed by atoms with E-state index in [9.17, 15) is 10.0 Å². The largest absolute Gasteiger partial charge is 0.392 e. The van der Waals surface area contributed by atoms with Crippen LogP contribution in [0, 0.1) is 4.91 Å². The molecule has 0 aromatic heterocycles. The molecule has 0 aromatic rings. The molecule has 104 valence electrons. The van der Waals surface area contributed by atoms with Crippen LogP contribution in [0.2, 0.25) is 0 Å². The predicted molar refractivity (Wildman–Crippen MR) is 78.9 cm³/mol. The van der Waals surface area contributed by atoms with Crippen LogP contribution in [0.4, 0.5) is 0 Å². The molecule has 0 aliphatic heterocycles. The van der Waals surface area contributed by atoms with Crippen molar-refractivity contribution in [3.63, 3.8) is 0 Å². The Labute approximate surface area is 113 Å². The predicted octanol–water partition coefficient (Wildman–Crippen LogP) is 2.47. The van der Waals surface area contributed by atoms with Crippen LogP contribution in [0.1, 0.15) is 27.7 Å². The van der Waals surface area contributed by atoms with Gasteiger partial charge in [0.1, 0.15) is 6.04 Å². The third-order valence-corrected chi connectivity index (χ3v) is 3.46. The molecular weight excluding hydrogens is 250 g/mol. The molecule has 0 aromatic carbocycles. The van der Waals surface area contributed by atoms with Gasteiger partial charge in [0.05, 0.1) is 16.2 Å². The van der Waals surface area contributed by atoms with Crippen LogP contribution in [0.15, 0.2) is 21.3 Å². The Kier molecular flexibility index (Phi) is 8.66. The van der Waals surface area contributed by atoms with E-state index in [0.717, 1.165) is 10.1 Å². The Morgan fingerprint density at radius 1 is 1.44 bits per heavy atom. The van der Waals surface area contributed by atoms with Crippen molar-refractivity contribution in [2.24, 2.45) is 10.2 Å². The summed E-state index contributed by atoms with van der Waals surface area (Å²) in [6.45, 7) is 8.32. The lowest BCUT2D eigenvalue weighted by Crippen LogP contribution is -2.34. The van der Waals surface area contributed by atoms with E-state index in [0.29, 0.717) is 13.1 Å². The summed E-state index contributed by atoms with van der Waals surface area (Å²) in [7, 11) is 1.74. The molecule has 0 heterocycles. The highest BCUT2D eigenvalue weighted by molar-refractivity contribution is 8.17. The van der Waals surface area contributed by atoms with Crippen molar-refractivity contribution in [2.45, 2.75) is 39.8 Å². The number of hydrogen-bond donors (Lipinski definition) is 1. The van der Waals surface area contributed by atoms with E-state index in [1.807, 2.05) is 24.8 Å². The topological polar surface area (TPSA) is 65.3 Å². The van der Waals surface area contributed by atoms with Crippen molar-refractivity contribution in [1.29, 1.82) is 0 Å². The Hall–Kier alpha value is -0.880. The van der Waals surface area contributed by atoms with Crippen molar-refractivity contribution in [1.82, 2.24) is 4.90 Å². The molecule has 18 heavy (non-hydrogen) atoms. The Balaban J connectivity index is 4.84. The lowest BCUT2D eigenvalue weighted by Gasteiger charge is -2.28. The second-order valence-electron chi connectivity index (χ2n) is 4.18. The average Bonchev–Trinajstić information content (AvgIpc) is 2.33. The summed E-state index contributed by atoms with van der Waals surface area (Å²) in [5.74, 6) is 0. The summed E-state index contributed by atoms with van der Waals surface area (Å²) in [5, 5.41) is 14.5. The highest BCUT2D eigenvalue weighted by Gasteiger charge is 2.16. The van der Waals surface area contributed by atoms with Gasteiger partial charge in [0.2, 0.25) is 0 Å². The maximum Gasteiger partial charge on any atom is 0.107 e. The number of aliphatic imine (C=N–C) groups is 1. The van der Waals surface area contributed by atoms with Gasteiger partial charge in [0.15, 0.2) is 0 Å². The van der Waals surface area contributed by atoms with Gasteiger partial charge < -0.3 is 10.0 Å². The van der Waals surface area contributed by atoms with Crippen LogP contribution < -0.4 is 0 Å². The second-order valence-corrected chi connectivity index (χ2v) is 5.39. The number of nitroso groups, excluding NO2 is 1. The van der Waals surface area contributed by atoms with Crippen molar-refractivity contribution in [3.05, 3.63) is 16.0 Å². The van der Waals surface area contributed by atoms with Crippen LogP contribution in [-0.2, 0) is 0 Å². The van der Waals surface area contributed by atoms with E-state index in [1.54, 1.807) is 20.9 Å². The van der Waals surface area contributed by atoms with Crippen molar-refractivity contribution < 1.29 is 5.11 Å². The fourth-order valence-corrected chi connectivity index (χ4v) is 2.22. The van der Waals surface area contributed by atoms with Gasteiger partial charge in [-0.25, -0.2) is 0 Å². The average molecular weight is 273 g/mol. The van der Waals surface area contributed by atoms with E-state index in [2.05, 4.69) is 10.2 Å². The molecule has 1 N–H and O–H groups in total. The first-order valence-electron chi connectivity index (χ1n) is 5.97. The van der Waals surface area contributed by atoms with Gasteiger partial charge >= 0.3 is 0 Å². The monoisotopic (exact) mass is 273 g/mol. The zero-order valence-corrected chi connectivity index (χ0v) is 12.6. The highest BCUT2D eigenvalue weighted by atomic mass is 32.2. The van der Waals surface area contributed by atoms with Gasteiger partial charge in [-0.2, -0.15) is 4.91 Å². The molecule has 0 rings (SSSR count). The van der Waals surface area contributed by atoms with Gasteiger partial charge in [-0.05, 0) is 27.7 Å². The van der Waals surface area contributed by atoms with Gasteiger partial charge in [-0.15, -0.1) is 0 Å². The van der Waals surface area contributed by atoms with Crippen LogP contribution in [0.5, 0.6) is 0 Å². The molecule has 0 radical (unpaired) electrons. The van der Waals surface area contributed by atoms with Crippen LogP contribution in [0.3, 0.4) is 0 Å². The molecule has 0 saturated carbocycles. The highest BCUT2D eigenvalue weighted by Crippen LogP contribution is 2.22. The van der Waals surface area contributed by atoms with E-state index in [1.165, 1.54) is 11.8 Å². The zero-order chi connectivity index (χ0) is 14.1. The van der Waals surface area contributed by atoms with Gasteiger partial charge in [0.25, 0.3) is 0 Å². The third-order valence-electron chi connectivity index (χ3n) is 2.27. The molecule has 0 spiro atoms. The smallest absolute Gasteiger partial charge is 0.107 e. The normalized spacial score (nSPS) is 16.3. The van der Waals surface area contributed by atoms with E-state index in [4.69, 9.17) is 0 Å². The van der Waals surface area contributed by atoms with Gasteiger partial charge in [-0.3, -0.25) is 4.99 Å². The number of thioether (sulfide) groups is 1. The standard InChI is InChI=1S/C12H23N3O2S/c1-6-12(18-11(4)13-5)15(8-10(3)16)7-9(2)14-17/h6,9-10,16H,7-8H2,1-5H3/b12-6-,13-11?. The number of rotatable bonds is 7. The maximum absolute atomic E-state index is 10.5. The van der Waals surface area contributed by atoms with Gasteiger partial charge in [-0.1, -0.05) is 23.0 Å². The molecular formula is C12H23N3O2S. The van der Waals surface area contributed by atoms with Gasteiger partial charge in [0, 0.05) is 20.1 Å². The summed E-state index contributed by atoms with van der Waals surface area (Å²) in [6.07, 6.45) is 1.50. The quantitative estimate of drug-likeness (QED) is 0.439. The van der Waals surface area contributed by atoms with E-state index < -0.39 is 6.10 Å². The van der Waals surface area contributed by atoms with Crippen molar-refractivity contribution >= 4 is 16.8 Å². The number of hydrogen-bond acceptors (Lipinski definition) is 6. The first-order chi connectivity index (χ1) is 8.44. The minimum absolute atomic E-state index is 0.307. The third kappa shape index (κ3) is 6.76. The fraction of sp³-hybridized carbons (Fsp3) is 0.750. The molecule has 0 bridgehead atoms. The van der Waals surface area contributed by atoms with E-state index in [-0.39, 0.29) is 6.04 Å². The molecule has 0 fully saturated rings. The Morgan fingerprint density at radius 2 is 2.06 bits per heavy atom. The van der Waals surface area contributed by atoms with Crippen LogP contribution in [-0.4, -0.2) is 47.3 Å². The Bertz CT molecular complexity index is 316. The first-order valence-corrected chi connectivity index (χ1v) is 6.79. The lowest BCUT2D eigenvalue weighted by atomic mass is 10.3. The molecule has 0 amide bonds. The maximum atomic E-state index is 10.5.